The third kappa shape index (κ3) is 4.32. The van der Waals surface area contributed by atoms with Crippen LogP contribution < -0.4 is 16.0 Å². The molecular formula is C21H22N6O. The number of hydrogen-bond donors (Lipinski definition) is 3. The summed E-state index contributed by atoms with van der Waals surface area (Å²) in [6.45, 7) is 2.97. The van der Waals surface area contributed by atoms with Gasteiger partial charge in [-0.1, -0.05) is 24.3 Å². The minimum Gasteiger partial charge on any atom is -0.310 e. The average molecular weight is 374 g/mol. The van der Waals surface area contributed by atoms with Gasteiger partial charge in [0.25, 0.3) is 0 Å². The summed E-state index contributed by atoms with van der Waals surface area (Å²) in [7, 11) is 0. The molecule has 1 aliphatic rings. The lowest BCUT2D eigenvalue weighted by atomic mass is 10.0. The van der Waals surface area contributed by atoms with Crippen LogP contribution in [0.15, 0.2) is 55.0 Å². The molecule has 1 aromatic carbocycles. The molecule has 4 rings (SSSR count). The Morgan fingerprint density at radius 1 is 1.07 bits per heavy atom. The second-order valence-electron chi connectivity index (χ2n) is 6.83. The molecule has 2 amide bonds. The highest BCUT2D eigenvalue weighted by Crippen LogP contribution is 2.25. The van der Waals surface area contributed by atoms with Gasteiger partial charge in [-0.25, -0.2) is 9.78 Å². The van der Waals surface area contributed by atoms with Gasteiger partial charge in [0.1, 0.15) is 0 Å². The standard InChI is InChI=1S/C21H22N6O/c1-14-4-9-17(11-24-14)25-21(28)27-20-13-22-12-19(26-20)16-7-5-15(6-8-16)18-3-2-10-23-18/h4-9,11-13,18,23H,2-3,10H2,1H3,(H2,25,26,27,28). The molecule has 0 aliphatic carbocycles. The molecule has 0 spiro atoms. The van der Waals surface area contributed by atoms with Gasteiger partial charge in [-0.15, -0.1) is 0 Å². The SMILES string of the molecule is Cc1ccc(NC(=O)Nc2cncc(-c3ccc(C4CCCN4)cc3)n2)cn1. The van der Waals surface area contributed by atoms with Gasteiger partial charge in [-0.2, -0.15) is 0 Å². The molecule has 1 unspecified atom stereocenters. The molecular weight excluding hydrogens is 352 g/mol. The Labute approximate surface area is 163 Å². The van der Waals surface area contributed by atoms with E-state index in [0.29, 0.717) is 23.2 Å². The maximum atomic E-state index is 12.2. The zero-order chi connectivity index (χ0) is 19.3. The zero-order valence-corrected chi connectivity index (χ0v) is 15.6. The fourth-order valence-electron chi connectivity index (χ4n) is 3.24. The summed E-state index contributed by atoms with van der Waals surface area (Å²) >= 11 is 0. The maximum Gasteiger partial charge on any atom is 0.324 e. The van der Waals surface area contributed by atoms with Gasteiger partial charge in [0.15, 0.2) is 5.82 Å². The van der Waals surface area contributed by atoms with E-state index in [4.69, 9.17) is 0 Å². The number of hydrogen-bond acceptors (Lipinski definition) is 5. The van der Waals surface area contributed by atoms with E-state index in [0.717, 1.165) is 17.8 Å². The summed E-state index contributed by atoms with van der Waals surface area (Å²) in [5, 5.41) is 8.94. The molecule has 3 heterocycles. The Bertz CT molecular complexity index is 949. The number of benzene rings is 1. The van der Waals surface area contributed by atoms with Crippen LogP contribution in [0.4, 0.5) is 16.3 Å². The van der Waals surface area contributed by atoms with Gasteiger partial charge in [-0.3, -0.25) is 15.3 Å². The third-order valence-electron chi connectivity index (χ3n) is 4.71. The van der Waals surface area contributed by atoms with Crippen LogP contribution in [-0.4, -0.2) is 27.5 Å². The Hall–Kier alpha value is -3.32. The van der Waals surface area contributed by atoms with Gasteiger partial charge in [-0.05, 0) is 44.0 Å². The van der Waals surface area contributed by atoms with Crippen molar-refractivity contribution in [2.24, 2.45) is 0 Å². The number of carbonyl (C=O) groups excluding carboxylic acids is 1. The highest BCUT2D eigenvalue weighted by atomic mass is 16.2. The van der Waals surface area contributed by atoms with Crippen LogP contribution in [0, 0.1) is 6.92 Å². The van der Waals surface area contributed by atoms with E-state index in [-0.39, 0.29) is 6.03 Å². The number of aromatic nitrogens is 3. The number of anilines is 2. The number of nitrogens with one attached hydrogen (secondary N) is 3. The molecule has 28 heavy (non-hydrogen) atoms. The fourth-order valence-corrected chi connectivity index (χ4v) is 3.24. The summed E-state index contributed by atoms with van der Waals surface area (Å²) in [6, 6.07) is 12.0. The molecule has 142 valence electrons. The third-order valence-corrected chi connectivity index (χ3v) is 4.71. The number of urea groups is 1. The van der Waals surface area contributed by atoms with E-state index >= 15 is 0 Å². The van der Waals surface area contributed by atoms with Gasteiger partial charge >= 0.3 is 6.03 Å². The first-order valence-electron chi connectivity index (χ1n) is 9.34. The van der Waals surface area contributed by atoms with Crippen molar-refractivity contribution in [2.75, 3.05) is 17.2 Å². The van der Waals surface area contributed by atoms with Gasteiger partial charge in [0.05, 0.1) is 30.0 Å². The highest BCUT2D eigenvalue weighted by Gasteiger charge is 2.16. The summed E-state index contributed by atoms with van der Waals surface area (Å²) in [6.07, 6.45) is 7.21. The summed E-state index contributed by atoms with van der Waals surface area (Å²) in [5.74, 6) is 0.386. The lowest BCUT2D eigenvalue weighted by molar-refractivity contribution is 0.262. The van der Waals surface area contributed by atoms with E-state index in [1.165, 1.54) is 24.6 Å². The molecule has 1 saturated heterocycles. The Kier molecular flexibility index (Phi) is 5.25. The first-order chi connectivity index (χ1) is 13.7. The lowest BCUT2D eigenvalue weighted by Crippen LogP contribution is -2.20. The predicted octanol–water partition coefficient (Wildman–Crippen LogP) is 3.92. The topological polar surface area (TPSA) is 91.8 Å². The normalized spacial score (nSPS) is 16.0. The van der Waals surface area contributed by atoms with Crippen molar-refractivity contribution in [2.45, 2.75) is 25.8 Å². The van der Waals surface area contributed by atoms with E-state index in [2.05, 4.69) is 43.0 Å². The van der Waals surface area contributed by atoms with Crippen molar-refractivity contribution >= 4 is 17.5 Å². The second-order valence-corrected chi connectivity index (χ2v) is 6.83. The fraction of sp³-hybridized carbons (Fsp3) is 0.238. The number of aryl methyl sites for hydroxylation is 1. The lowest BCUT2D eigenvalue weighted by Gasteiger charge is -2.11. The predicted molar refractivity (Wildman–Crippen MR) is 109 cm³/mol. The van der Waals surface area contributed by atoms with Crippen LogP contribution in [0.2, 0.25) is 0 Å². The Morgan fingerprint density at radius 3 is 2.64 bits per heavy atom. The molecule has 2 aromatic heterocycles. The summed E-state index contributed by atoms with van der Waals surface area (Å²) in [5.41, 5.74) is 4.46. The quantitative estimate of drug-likeness (QED) is 0.644. The number of nitrogens with zero attached hydrogens (tertiary/aromatic N) is 3. The van der Waals surface area contributed by atoms with Crippen LogP contribution in [-0.2, 0) is 0 Å². The van der Waals surface area contributed by atoms with Crippen LogP contribution in [0.1, 0.15) is 30.1 Å². The largest absolute Gasteiger partial charge is 0.324 e. The van der Waals surface area contributed by atoms with E-state index in [1.807, 2.05) is 25.1 Å². The number of amides is 2. The maximum absolute atomic E-state index is 12.2. The van der Waals surface area contributed by atoms with Crippen LogP contribution in [0.25, 0.3) is 11.3 Å². The van der Waals surface area contributed by atoms with Gasteiger partial charge in [0, 0.05) is 17.3 Å². The number of rotatable bonds is 4. The molecule has 7 nitrogen and oxygen atoms in total. The van der Waals surface area contributed by atoms with E-state index < -0.39 is 0 Å². The Balaban J connectivity index is 1.43. The first kappa shape index (κ1) is 18.1. The molecule has 3 N–H and O–H groups in total. The highest BCUT2D eigenvalue weighted by molar-refractivity contribution is 5.99. The van der Waals surface area contributed by atoms with E-state index in [1.54, 1.807) is 18.5 Å². The van der Waals surface area contributed by atoms with Gasteiger partial charge < -0.3 is 10.6 Å². The molecule has 1 fully saturated rings. The summed E-state index contributed by atoms with van der Waals surface area (Å²) in [4.78, 5) is 25.0. The molecule has 1 atom stereocenters. The van der Waals surface area contributed by atoms with Crippen LogP contribution in [0.5, 0.6) is 0 Å². The van der Waals surface area contributed by atoms with Crippen LogP contribution in [0.3, 0.4) is 0 Å². The average Bonchev–Trinajstić information content (AvgIpc) is 3.25. The van der Waals surface area contributed by atoms with Crippen molar-refractivity contribution in [3.8, 4) is 11.3 Å². The Morgan fingerprint density at radius 2 is 1.93 bits per heavy atom. The molecule has 0 bridgehead atoms. The van der Waals surface area contributed by atoms with Crippen LogP contribution >= 0.6 is 0 Å². The minimum atomic E-state index is -0.389. The molecule has 0 saturated carbocycles. The molecule has 3 aromatic rings. The van der Waals surface area contributed by atoms with Gasteiger partial charge in [0.2, 0.25) is 0 Å². The van der Waals surface area contributed by atoms with Crippen molar-refractivity contribution < 1.29 is 4.79 Å². The monoisotopic (exact) mass is 374 g/mol. The van der Waals surface area contributed by atoms with Crippen molar-refractivity contribution in [3.63, 3.8) is 0 Å². The number of carbonyl (C=O) groups is 1. The van der Waals surface area contributed by atoms with E-state index in [9.17, 15) is 4.79 Å². The first-order valence-corrected chi connectivity index (χ1v) is 9.34. The summed E-state index contributed by atoms with van der Waals surface area (Å²) < 4.78 is 0. The van der Waals surface area contributed by atoms with Crippen molar-refractivity contribution in [1.29, 1.82) is 0 Å². The molecule has 0 radical (unpaired) electrons. The zero-order valence-electron chi connectivity index (χ0n) is 15.6. The second kappa shape index (κ2) is 8.14. The minimum absolute atomic E-state index is 0.386. The molecule has 7 heteroatoms. The molecule has 1 aliphatic heterocycles. The number of pyridine rings is 1. The van der Waals surface area contributed by atoms with Crippen molar-refractivity contribution in [3.05, 3.63) is 66.2 Å². The van der Waals surface area contributed by atoms with Crippen molar-refractivity contribution in [1.82, 2.24) is 20.3 Å². The smallest absolute Gasteiger partial charge is 0.310 e.